The highest BCUT2D eigenvalue weighted by molar-refractivity contribution is 7.99. The van der Waals surface area contributed by atoms with E-state index in [2.05, 4.69) is 43.0 Å². The Kier molecular flexibility index (Phi) is 5.60. The van der Waals surface area contributed by atoms with E-state index in [4.69, 9.17) is 0 Å². The van der Waals surface area contributed by atoms with Gasteiger partial charge in [0.25, 0.3) is 0 Å². The number of rotatable bonds is 5. The monoisotopic (exact) mass is 267 g/mol. The molecule has 0 fully saturated rings. The van der Waals surface area contributed by atoms with E-state index in [-0.39, 0.29) is 5.41 Å². The average molecular weight is 267 g/mol. The quantitative estimate of drug-likeness (QED) is 0.656. The van der Waals surface area contributed by atoms with Gasteiger partial charge in [0.15, 0.2) is 5.16 Å². The minimum atomic E-state index is 0.252. The van der Waals surface area contributed by atoms with Crippen LogP contribution < -0.4 is 5.32 Å². The lowest BCUT2D eigenvalue weighted by Gasteiger charge is -2.30. The average Bonchev–Trinajstić information content (AvgIpc) is 2.21. The predicted molar refractivity (Wildman–Crippen MR) is 79.1 cm³/mol. The molecule has 0 aliphatic heterocycles. The van der Waals surface area contributed by atoms with E-state index in [0.717, 1.165) is 28.8 Å². The summed E-state index contributed by atoms with van der Waals surface area (Å²) in [6, 6.07) is 2.48. The zero-order valence-electron chi connectivity index (χ0n) is 12.4. The van der Waals surface area contributed by atoms with Gasteiger partial charge in [-0.15, -0.1) is 0 Å². The second kappa shape index (κ2) is 6.53. The van der Waals surface area contributed by atoms with E-state index in [1.165, 1.54) is 0 Å². The van der Waals surface area contributed by atoms with Gasteiger partial charge in [-0.1, -0.05) is 39.5 Å². The van der Waals surface area contributed by atoms with Gasteiger partial charge in [0.1, 0.15) is 0 Å². The lowest BCUT2D eigenvalue weighted by atomic mass is 9.88. The Morgan fingerprint density at radius 2 is 1.78 bits per heavy atom. The molecule has 0 bridgehead atoms. The lowest BCUT2D eigenvalue weighted by Crippen LogP contribution is -2.42. The van der Waals surface area contributed by atoms with Crippen molar-refractivity contribution in [1.82, 2.24) is 15.3 Å². The summed E-state index contributed by atoms with van der Waals surface area (Å²) in [7, 11) is 0. The molecule has 0 radical (unpaired) electrons. The van der Waals surface area contributed by atoms with Gasteiger partial charge in [-0.3, -0.25) is 0 Å². The van der Waals surface area contributed by atoms with Gasteiger partial charge in [0.2, 0.25) is 0 Å². The van der Waals surface area contributed by atoms with Crippen LogP contribution in [0.3, 0.4) is 0 Å². The first kappa shape index (κ1) is 15.4. The van der Waals surface area contributed by atoms with Crippen molar-refractivity contribution in [1.29, 1.82) is 0 Å². The number of aromatic nitrogens is 2. The molecule has 1 heterocycles. The Morgan fingerprint density at radius 3 is 2.22 bits per heavy atom. The molecule has 18 heavy (non-hydrogen) atoms. The first-order chi connectivity index (χ1) is 8.32. The van der Waals surface area contributed by atoms with Crippen LogP contribution in [0.5, 0.6) is 0 Å². The highest BCUT2D eigenvalue weighted by atomic mass is 32.2. The molecule has 0 amide bonds. The molecule has 1 aromatic rings. The Bertz CT molecular complexity index is 365. The molecule has 3 nitrogen and oxygen atoms in total. The summed E-state index contributed by atoms with van der Waals surface area (Å²) in [5, 5.41) is 4.43. The molecular formula is C14H25N3S. The number of hydrogen-bond acceptors (Lipinski definition) is 4. The van der Waals surface area contributed by atoms with Crippen molar-refractivity contribution in [3.8, 4) is 0 Å². The normalized spacial score (nSPS) is 13.7. The number of thioether (sulfide) groups is 1. The SMILES string of the molecule is CCNC(CSc1nc(C)cc(C)n1)C(C)(C)C. The number of nitrogens with one attached hydrogen (secondary N) is 1. The molecule has 0 aliphatic rings. The first-order valence-corrected chi connectivity index (χ1v) is 7.50. The van der Waals surface area contributed by atoms with Crippen LogP contribution >= 0.6 is 11.8 Å². The molecule has 4 heteroatoms. The maximum atomic E-state index is 4.47. The molecule has 1 unspecified atom stereocenters. The van der Waals surface area contributed by atoms with Crippen LogP contribution in [-0.2, 0) is 0 Å². The van der Waals surface area contributed by atoms with Crippen LogP contribution in [0.4, 0.5) is 0 Å². The van der Waals surface area contributed by atoms with Gasteiger partial charge in [-0.25, -0.2) is 9.97 Å². The maximum Gasteiger partial charge on any atom is 0.188 e. The molecule has 1 aromatic heterocycles. The first-order valence-electron chi connectivity index (χ1n) is 6.51. The van der Waals surface area contributed by atoms with E-state index in [1.54, 1.807) is 11.8 Å². The molecule has 0 spiro atoms. The summed E-state index contributed by atoms with van der Waals surface area (Å²) in [6.07, 6.45) is 0. The minimum absolute atomic E-state index is 0.252. The third kappa shape index (κ3) is 4.94. The third-order valence-corrected chi connectivity index (χ3v) is 3.78. The summed E-state index contributed by atoms with van der Waals surface area (Å²) in [5.41, 5.74) is 2.34. The molecular weight excluding hydrogens is 242 g/mol. The zero-order chi connectivity index (χ0) is 13.8. The molecule has 0 aromatic carbocycles. The highest BCUT2D eigenvalue weighted by Crippen LogP contribution is 2.25. The number of aryl methyl sites for hydroxylation is 2. The number of nitrogens with zero attached hydrogens (tertiary/aromatic N) is 2. The molecule has 102 valence electrons. The van der Waals surface area contributed by atoms with Crippen LogP contribution in [0.25, 0.3) is 0 Å². The maximum absolute atomic E-state index is 4.47. The Labute approximate surface area is 115 Å². The molecule has 0 aliphatic carbocycles. The Hall–Kier alpha value is -0.610. The summed E-state index contributed by atoms with van der Waals surface area (Å²) < 4.78 is 0. The molecule has 1 rings (SSSR count). The van der Waals surface area contributed by atoms with Gasteiger partial charge in [-0.05, 0) is 31.9 Å². The van der Waals surface area contributed by atoms with Crippen molar-refractivity contribution in [2.24, 2.45) is 5.41 Å². The van der Waals surface area contributed by atoms with E-state index in [0.29, 0.717) is 6.04 Å². The van der Waals surface area contributed by atoms with Crippen molar-refractivity contribution in [3.05, 3.63) is 17.5 Å². The largest absolute Gasteiger partial charge is 0.313 e. The fraction of sp³-hybridized carbons (Fsp3) is 0.714. The van der Waals surface area contributed by atoms with Crippen molar-refractivity contribution in [2.75, 3.05) is 12.3 Å². The van der Waals surface area contributed by atoms with Crippen molar-refractivity contribution in [3.63, 3.8) is 0 Å². The molecule has 0 saturated carbocycles. The standard InChI is InChI=1S/C14H25N3S/c1-7-15-12(14(4,5)6)9-18-13-16-10(2)8-11(3)17-13/h8,12,15H,7,9H2,1-6H3. The minimum Gasteiger partial charge on any atom is -0.313 e. The van der Waals surface area contributed by atoms with Gasteiger partial charge >= 0.3 is 0 Å². The second-order valence-electron chi connectivity index (χ2n) is 5.72. The number of hydrogen-bond donors (Lipinski definition) is 1. The Balaban J connectivity index is 2.67. The van der Waals surface area contributed by atoms with Crippen molar-refractivity contribution >= 4 is 11.8 Å². The topological polar surface area (TPSA) is 37.8 Å². The smallest absolute Gasteiger partial charge is 0.188 e. The van der Waals surface area contributed by atoms with Crippen molar-refractivity contribution < 1.29 is 0 Å². The van der Waals surface area contributed by atoms with Crippen LogP contribution in [0.1, 0.15) is 39.1 Å². The Morgan fingerprint density at radius 1 is 1.22 bits per heavy atom. The van der Waals surface area contributed by atoms with Gasteiger partial charge in [0.05, 0.1) is 0 Å². The van der Waals surface area contributed by atoms with E-state index in [1.807, 2.05) is 19.9 Å². The summed E-state index contributed by atoms with van der Waals surface area (Å²) in [4.78, 5) is 8.94. The molecule has 0 saturated heterocycles. The zero-order valence-corrected chi connectivity index (χ0v) is 13.2. The predicted octanol–water partition coefficient (Wildman–Crippen LogP) is 3.21. The van der Waals surface area contributed by atoms with Crippen LogP contribution in [0.15, 0.2) is 11.2 Å². The second-order valence-corrected chi connectivity index (χ2v) is 6.71. The molecule has 1 atom stereocenters. The molecule has 1 N–H and O–H groups in total. The van der Waals surface area contributed by atoms with Crippen LogP contribution in [-0.4, -0.2) is 28.3 Å². The summed E-state index contributed by atoms with van der Waals surface area (Å²) >= 11 is 1.74. The van der Waals surface area contributed by atoms with Crippen LogP contribution in [0.2, 0.25) is 0 Å². The summed E-state index contributed by atoms with van der Waals surface area (Å²) in [5.74, 6) is 1.00. The third-order valence-electron chi connectivity index (χ3n) is 2.84. The van der Waals surface area contributed by atoms with Gasteiger partial charge in [-0.2, -0.15) is 0 Å². The van der Waals surface area contributed by atoms with E-state index >= 15 is 0 Å². The van der Waals surface area contributed by atoms with Gasteiger partial charge < -0.3 is 5.32 Å². The van der Waals surface area contributed by atoms with Gasteiger partial charge in [0, 0.05) is 23.2 Å². The van der Waals surface area contributed by atoms with E-state index < -0.39 is 0 Å². The van der Waals surface area contributed by atoms with Crippen LogP contribution in [0, 0.1) is 19.3 Å². The highest BCUT2D eigenvalue weighted by Gasteiger charge is 2.24. The summed E-state index contributed by atoms with van der Waals surface area (Å²) in [6.45, 7) is 14.0. The fourth-order valence-electron chi connectivity index (χ4n) is 1.78. The van der Waals surface area contributed by atoms with Crippen molar-refractivity contribution in [2.45, 2.75) is 52.7 Å². The van der Waals surface area contributed by atoms with E-state index in [9.17, 15) is 0 Å². The fourth-order valence-corrected chi connectivity index (χ4v) is 3.13. The lowest BCUT2D eigenvalue weighted by molar-refractivity contribution is 0.295.